The van der Waals surface area contributed by atoms with Gasteiger partial charge in [0.05, 0.1) is 11.1 Å². The minimum Gasteiger partial charge on any atom is -0.388 e. The molecule has 0 radical (unpaired) electrons. The Bertz CT molecular complexity index is 793. The van der Waals surface area contributed by atoms with Crippen LogP contribution in [0.4, 0.5) is 0 Å². The highest BCUT2D eigenvalue weighted by molar-refractivity contribution is 7.03. The van der Waals surface area contributed by atoms with Gasteiger partial charge in [-0.2, -0.15) is 0 Å². The molecule has 0 aromatic carbocycles. The van der Waals surface area contributed by atoms with Crippen molar-refractivity contribution in [2.75, 3.05) is 19.7 Å². The quantitative estimate of drug-likeness (QED) is 0.812. The minimum atomic E-state index is -0.760. The van der Waals surface area contributed by atoms with Gasteiger partial charge in [-0.05, 0) is 55.4 Å². The first kappa shape index (κ1) is 19.4. The number of amides is 1. The molecule has 2 aromatic heterocycles. The monoisotopic (exact) mass is 402 g/mol. The molecule has 0 aliphatic carbocycles. The Morgan fingerprint density at radius 1 is 1.36 bits per heavy atom. The van der Waals surface area contributed by atoms with Gasteiger partial charge in [-0.1, -0.05) is 0 Å². The number of nitrogens with one attached hydrogen (secondary N) is 1. The smallest absolute Gasteiger partial charge is 0.251 e. The third-order valence-electron chi connectivity index (χ3n) is 6.05. The Labute approximate surface area is 168 Å². The molecule has 2 aliphatic heterocycles. The van der Waals surface area contributed by atoms with E-state index in [4.69, 9.17) is 4.74 Å². The number of likely N-dealkylation sites (tertiary alicyclic amines) is 1. The van der Waals surface area contributed by atoms with Crippen molar-refractivity contribution in [2.24, 2.45) is 0 Å². The normalized spacial score (nSPS) is 27.6. The molecule has 2 atom stereocenters. The van der Waals surface area contributed by atoms with E-state index in [0.29, 0.717) is 18.6 Å². The number of rotatable bonds is 4. The molecule has 2 aromatic rings. The van der Waals surface area contributed by atoms with Crippen LogP contribution in [0.5, 0.6) is 0 Å². The Morgan fingerprint density at radius 3 is 2.79 bits per heavy atom. The van der Waals surface area contributed by atoms with Crippen LogP contribution in [0.15, 0.2) is 36.1 Å². The molecule has 4 heterocycles. The summed E-state index contributed by atoms with van der Waals surface area (Å²) < 4.78 is 10.3. The zero-order valence-corrected chi connectivity index (χ0v) is 16.8. The molecular formula is C20H26N4O3S. The standard InChI is InChI=1S/C20H26N4O3S/c1-19(23-17(25)16-2-7-21-8-3-16)6-11-27-20(18(19)26)4-9-24(10-5-20)13-15-12-22-28-14-15/h2-3,7-8,12,14,18,26H,4-6,9-11,13H2,1H3,(H,23,25)/t18-,19+/m1/s1. The highest BCUT2D eigenvalue weighted by Gasteiger charge is 2.53. The lowest BCUT2D eigenvalue weighted by Crippen LogP contribution is -2.69. The summed E-state index contributed by atoms with van der Waals surface area (Å²) in [4.78, 5) is 19.0. The number of pyridine rings is 1. The summed E-state index contributed by atoms with van der Waals surface area (Å²) in [5, 5.41) is 16.4. The second kappa shape index (κ2) is 7.87. The van der Waals surface area contributed by atoms with Gasteiger partial charge in [0.15, 0.2) is 0 Å². The lowest BCUT2D eigenvalue weighted by molar-refractivity contribution is -0.205. The first-order chi connectivity index (χ1) is 13.5. The molecule has 28 heavy (non-hydrogen) atoms. The molecule has 150 valence electrons. The van der Waals surface area contributed by atoms with Gasteiger partial charge in [0, 0.05) is 55.8 Å². The van der Waals surface area contributed by atoms with Gasteiger partial charge in [0.25, 0.3) is 5.91 Å². The van der Waals surface area contributed by atoms with Crippen LogP contribution in [0.3, 0.4) is 0 Å². The zero-order chi connectivity index (χ0) is 19.6. The van der Waals surface area contributed by atoms with Crippen molar-refractivity contribution >= 4 is 17.4 Å². The average Bonchev–Trinajstić information content (AvgIpc) is 3.22. The molecule has 0 bridgehead atoms. The third kappa shape index (κ3) is 3.82. The van der Waals surface area contributed by atoms with Gasteiger partial charge < -0.3 is 15.2 Å². The Kier molecular flexibility index (Phi) is 5.46. The van der Waals surface area contributed by atoms with Crippen LogP contribution >= 0.6 is 11.5 Å². The van der Waals surface area contributed by atoms with Gasteiger partial charge in [-0.15, -0.1) is 0 Å². The molecule has 8 heteroatoms. The molecule has 2 saturated heterocycles. The maximum absolute atomic E-state index is 12.7. The highest BCUT2D eigenvalue weighted by Crippen LogP contribution is 2.40. The number of hydrogen-bond donors (Lipinski definition) is 2. The molecule has 2 aliphatic rings. The van der Waals surface area contributed by atoms with E-state index in [-0.39, 0.29) is 5.91 Å². The largest absolute Gasteiger partial charge is 0.388 e. The number of carbonyl (C=O) groups excluding carboxylic acids is 1. The number of aromatic nitrogens is 2. The lowest BCUT2D eigenvalue weighted by atomic mass is 9.73. The number of ether oxygens (including phenoxy) is 1. The summed E-state index contributed by atoms with van der Waals surface area (Å²) in [6, 6.07) is 3.36. The number of nitrogens with zero attached hydrogens (tertiary/aromatic N) is 3. The number of aliphatic hydroxyl groups is 1. The van der Waals surface area contributed by atoms with Crippen LogP contribution < -0.4 is 5.32 Å². The van der Waals surface area contributed by atoms with Gasteiger partial charge in [0.2, 0.25) is 0 Å². The Hall–Kier alpha value is -1.87. The van der Waals surface area contributed by atoms with E-state index in [1.165, 1.54) is 17.1 Å². The van der Waals surface area contributed by atoms with Crippen molar-refractivity contribution in [1.82, 2.24) is 19.6 Å². The van der Waals surface area contributed by atoms with E-state index in [1.807, 2.05) is 13.1 Å². The second-order valence-electron chi connectivity index (χ2n) is 7.98. The van der Waals surface area contributed by atoms with E-state index >= 15 is 0 Å². The highest BCUT2D eigenvalue weighted by atomic mass is 32.1. The minimum absolute atomic E-state index is 0.191. The van der Waals surface area contributed by atoms with Gasteiger partial charge in [-0.25, -0.2) is 4.37 Å². The Balaban J connectivity index is 1.42. The maximum Gasteiger partial charge on any atom is 0.251 e. The number of aliphatic hydroxyl groups excluding tert-OH is 1. The first-order valence-electron chi connectivity index (χ1n) is 9.66. The average molecular weight is 403 g/mol. The number of carbonyl (C=O) groups is 1. The predicted molar refractivity (Wildman–Crippen MR) is 106 cm³/mol. The summed E-state index contributed by atoms with van der Waals surface area (Å²) in [5.41, 5.74) is 0.434. The molecule has 0 saturated carbocycles. The second-order valence-corrected chi connectivity index (χ2v) is 8.64. The molecule has 2 N–H and O–H groups in total. The van der Waals surface area contributed by atoms with Crippen LogP contribution in [-0.4, -0.2) is 62.2 Å². The summed E-state index contributed by atoms with van der Waals surface area (Å²) in [6.07, 6.45) is 6.41. The third-order valence-corrected chi connectivity index (χ3v) is 6.68. The van der Waals surface area contributed by atoms with Gasteiger partial charge in [-0.3, -0.25) is 14.7 Å². The van der Waals surface area contributed by atoms with Gasteiger partial charge in [0.1, 0.15) is 6.10 Å². The van der Waals surface area contributed by atoms with Crippen LogP contribution in [-0.2, 0) is 11.3 Å². The molecule has 2 fully saturated rings. The summed E-state index contributed by atoms with van der Waals surface area (Å²) in [6.45, 7) is 5.02. The molecular weight excluding hydrogens is 376 g/mol. The van der Waals surface area contributed by atoms with Crippen molar-refractivity contribution in [3.8, 4) is 0 Å². The summed E-state index contributed by atoms with van der Waals surface area (Å²) in [5.74, 6) is -0.191. The first-order valence-corrected chi connectivity index (χ1v) is 10.5. The van der Waals surface area contributed by atoms with Crippen molar-refractivity contribution < 1.29 is 14.6 Å². The maximum atomic E-state index is 12.7. The predicted octanol–water partition coefficient (Wildman–Crippen LogP) is 1.84. The fraction of sp³-hybridized carbons (Fsp3) is 0.550. The topological polar surface area (TPSA) is 87.6 Å². The molecule has 1 spiro atoms. The van der Waals surface area contributed by atoms with Crippen LogP contribution in [0.2, 0.25) is 0 Å². The zero-order valence-electron chi connectivity index (χ0n) is 16.0. The van der Waals surface area contributed by atoms with E-state index in [2.05, 4.69) is 25.0 Å². The fourth-order valence-electron chi connectivity index (χ4n) is 4.30. The van der Waals surface area contributed by atoms with E-state index < -0.39 is 17.2 Å². The van der Waals surface area contributed by atoms with Gasteiger partial charge >= 0.3 is 0 Å². The molecule has 0 unspecified atom stereocenters. The van der Waals surface area contributed by atoms with E-state index in [9.17, 15) is 9.90 Å². The molecule has 7 nitrogen and oxygen atoms in total. The van der Waals surface area contributed by atoms with E-state index in [0.717, 1.165) is 32.5 Å². The lowest BCUT2D eigenvalue weighted by Gasteiger charge is -2.53. The number of piperidine rings is 1. The SMILES string of the molecule is C[C@]1(NC(=O)c2ccncc2)CCOC2(CCN(Cc3cnsc3)CC2)[C@@H]1O. The van der Waals surface area contributed by atoms with Crippen molar-refractivity contribution in [3.05, 3.63) is 47.2 Å². The van der Waals surface area contributed by atoms with Crippen molar-refractivity contribution in [2.45, 2.75) is 50.0 Å². The number of hydrogen-bond acceptors (Lipinski definition) is 7. The molecule has 4 rings (SSSR count). The molecule has 1 amide bonds. The summed E-state index contributed by atoms with van der Waals surface area (Å²) >= 11 is 1.47. The fourth-order valence-corrected chi connectivity index (χ4v) is 4.83. The van der Waals surface area contributed by atoms with Crippen molar-refractivity contribution in [3.63, 3.8) is 0 Å². The van der Waals surface area contributed by atoms with Crippen LogP contribution in [0.1, 0.15) is 42.1 Å². The van der Waals surface area contributed by atoms with Crippen molar-refractivity contribution in [1.29, 1.82) is 0 Å². The van der Waals surface area contributed by atoms with Crippen LogP contribution in [0, 0.1) is 0 Å². The summed E-state index contributed by atoms with van der Waals surface area (Å²) in [7, 11) is 0. The van der Waals surface area contributed by atoms with Crippen LogP contribution in [0.25, 0.3) is 0 Å². The Morgan fingerprint density at radius 2 is 2.11 bits per heavy atom. The van der Waals surface area contributed by atoms with E-state index in [1.54, 1.807) is 24.5 Å².